The molecule has 162 valence electrons. The third-order valence-corrected chi connectivity index (χ3v) is 7.16. The molecule has 5 nitrogen and oxygen atoms in total. The van der Waals surface area contributed by atoms with Gasteiger partial charge in [0.1, 0.15) is 0 Å². The van der Waals surface area contributed by atoms with Crippen LogP contribution in [0, 0.1) is 0 Å². The maximum absolute atomic E-state index is 12.6. The summed E-state index contributed by atoms with van der Waals surface area (Å²) in [5.41, 5.74) is 2.72. The molecular weight excluding hydrogens is 531 g/mol. The molecule has 8 heteroatoms. The molecular formula is C22H28ClIN4OS. The molecule has 1 amide bonds. The van der Waals surface area contributed by atoms with E-state index in [1.807, 2.05) is 17.0 Å². The molecule has 0 spiro atoms. The average Bonchev–Trinajstić information content (AvgIpc) is 3.38. The fraction of sp³-hybridized carbons (Fsp3) is 0.455. The summed E-state index contributed by atoms with van der Waals surface area (Å²) in [4.78, 5) is 20.3. The zero-order valence-electron chi connectivity index (χ0n) is 17.1. The number of hydrogen-bond donors (Lipinski definition) is 2. The number of hydrogen-bond acceptors (Lipinski definition) is 3. The van der Waals surface area contributed by atoms with Gasteiger partial charge in [0.25, 0.3) is 0 Å². The van der Waals surface area contributed by atoms with E-state index in [-0.39, 0.29) is 35.3 Å². The molecule has 2 N–H and O–H groups in total. The smallest absolute Gasteiger partial charge is 0.224 e. The van der Waals surface area contributed by atoms with Gasteiger partial charge < -0.3 is 15.5 Å². The van der Waals surface area contributed by atoms with Crippen LogP contribution in [0.2, 0.25) is 5.02 Å². The normalized spacial score (nSPS) is 17.0. The van der Waals surface area contributed by atoms with Gasteiger partial charge in [-0.05, 0) is 54.0 Å². The highest BCUT2D eigenvalue weighted by Gasteiger charge is 2.44. The minimum atomic E-state index is 0. The third kappa shape index (κ3) is 5.48. The number of nitrogens with zero attached hydrogens (tertiary/aromatic N) is 2. The SMILES string of the molecule is CN=C(NCCC(=O)N1CCc2sccc2C1)NCC1(c2cccc(Cl)c2)CC1.I. The number of guanidine groups is 1. The number of amides is 1. The van der Waals surface area contributed by atoms with Crippen molar-refractivity contribution in [3.63, 3.8) is 0 Å². The van der Waals surface area contributed by atoms with Crippen molar-refractivity contribution in [2.45, 2.75) is 37.6 Å². The molecule has 0 saturated heterocycles. The van der Waals surface area contributed by atoms with Crippen molar-refractivity contribution in [3.8, 4) is 0 Å². The molecule has 30 heavy (non-hydrogen) atoms. The summed E-state index contributed by atoms with van der Waals surface area (Å²) in [7, 11) is 1.76. The molecule has 0 unspecified atom stereocenters. The minimum Gasteiger partial charge on any atom is -0.356 e. The molecule has 1 aliphatic carbocycles. The largest absolute Gasteiger partial charge is 0.356 e. The number of carbonyl (C=O) groups is 1. The predicted octanol–water partition coefficient (Wildman–Crippen LogP) is 4.19. The number of benzene rings is 1. The lowest BCUT2D eigenvalue weighted by Gasteiger charge is -2.27. The Kier molecular flexibility index (Phi) is 8.04. The number of aliphatic imine (C=N–C) groups is 1. The van der Waals surface area contributed by atoms with Gasteiger partial charge >= 0.3 is 0 Å². The first-order valence-electron chi connectivity index (χ1n) is 10.1. The Balaban J connectivity index is 0.00000256. The van der Waals surface area contributed by atoms with Crippen molar-refractivity contribution in [1.82, 2.24) is 15.5 Å². The van der Waals surface area contributed by atoms with Crippen LogP contribution in [0.5, 0.6) is 0 Å². The van der Waals surface area contributed by atoms with Crippen LogP contribution in [0.15, 0.2) is 40.7 Å². The Morgan fingerprint density at radius 3 is 2.87 bits per heavy atom. The van der Waals surface area contributed by atoms with Gasteiger partial charge in [0.15, 0.2) is 5.96 Å². The number of thiophene rings is 1. The maximum atomic E-state index is 12.6. The predicted molar refractivity (Wildman–Crippen MR) is 135 cm³/mol. The molecule has 0 atom stereocenters. The molecule has 1 aromatic heterocycles. The number of fused-ring (bicyclic) bond motifs is 1. The van der Waals surface area contributed by atoms with Gasteiger partial charge in [-0.15, -0.1) is 35.3 Å². The van der Waals surface area contributed by atoms with E-state index in [0.717, 1.165) is 49.9 Å². The highest BCUT2D eigenvalue weighted by atomic mass is 127. The fourth-order valence-electron chi connectivity index (χ4n) is 3.92. The molecule has 1 aliphatic heterocycles. The molecule has 0 bridgehead atoms. The molecule has 2 aliphatic rings. The number of carbonyl (C=O) groups excluding carboxylic acids is 1. The van der Waals surface area contributed by atoms with Crippen molar-refractivity contribution in [3.05, 3.63) is 56.7 Å². The first-order valence-corrected chi connectivity index (χ1v) is 11.4. The number of nitrogens with one attached hydrogen (secondary N) is 2. The maximum Gasteiger partial charge on any atom is 0.224 e. The van der Waals surface area contributed by atoms with Gasteiger partial charge in [-0.25, -0.2) is 0 Å². The number of rotatable bonds is 6. The van der Waals surface area contributed by atoms with E-state index < -0.39 is 0 Å². The molecule has 1 aromatic carbocycles. The van der Waals surface area contributed by atoms with Crippen LogP contribution in [0.25, 0.3) is 0 Å². The molecule has 2 aromatic rings. The molecule has 0 radical (unpaired) electrons. The Hall–Kier alpha value is -1.32. The quantitative estimate of drug-likeness (QED) is 0.318. The summed E-state index contributed by atoms with van der Waals surface area (Å²) in [6.07, 6.45) is 3.74. The molecule has 1 saturated carbocycles. The van der Waals surface area contributed by atoms with Gasteiger partial charge in [-0.2, -0.15) is 0 Å². The fourth-order valence-corrected chi connectivity index (χ4v) is 5.00. The summed E-state index contributed by atoms with van der Waals surface area (Å²) >= 11 is 7.95. The van der Waals surface area contributed by atoms with Crippen molar-refractivity contribution in [1.29, 1.82) is 0 Å². The first-order chi connectivity index (χ1) is 14.1. The Labute approximate surface area is 204 Å². The summed E-state index contributed by atoms with van der Waals surface area (Å²) in [6, 6.07) is 10.3. The second kappa shape index (κ2) is 10.3. The van der Waals surface area contributed by atoms with Crippen LogP contribution >= 0.6 is 46.9 Å². The Morgan fingerprint density at radius 2 is 2.13 bits per heavy atom. The van der Waals surface area contributed by atoms with E-state index in [1.165, 1.54) is 16.0 Å². The standard InChI is InChI=1S/C22H27ClN4OS.HI/c1-24-21(26-15-22(8-9-22)17-3-2-4-18(23)13-17)25-10-5-20(28)27-11-6-19-16(14-27)7-12-29-19;/h2-4,7,12-13H,5-6,8-11,14-15H2,1H3,(H2,24,25,26);1H. The van der Waals surface area contributed by atoms with E-state index in [2.05, 4.69) is 39.2 Å². The lowest BCUT2D eigenvalue weighted by Crippen LogP contribution is -2.43. The monoisotopic (exact) mass is 558 g/mol. The van der Waals surface area contributed by atoms with E-state index in [9.17, 15) is 4.79 Å². The van der Waals surface area contributed by atoms with Gasteiger partial charge in [0.2, 0.25) is 5.91 Å². The first kappa shape index (κ1) is 23.3. The van der Waals surface area contributed by atoms with Crippen molar-refractivity contribution < 1.29 is 4.79 Å². The van der Waals surface area contributed by atoms with Crippen molar-refractivity contribution >= 4 is 58.8 Å². The Bertz CT molecular complexity index is 912. The Morgan fingerprint density at radius 1 is 1.30 bits per heavy atom. The lowest BCUT2D eigenvalue weighted by molar-refractivity contribution is -0.131. The second-order valence-electron chi connectivity index (χ2n) is 7.83. The van der Waals surface area contributed by atoms with Crippen LogP contribution in [-0.2, 0) is 23.2 Å². The number of halogens is 2. The molecule has 1 fully saturated rings. The zero-order chi connectivity index (χ0) is 20.3. The van der Waals surface area contributed by atoms with Gasteiger partial charge in [-0.3, -0.25) is 9.79 Å². The molecule has 2 heterocycles. The average molecular weight is 559 g/mol. The van der Waals surface area contributed by atoms with Gasteiger partial charge in [0, 0.05) is 55.0 Å². The highest BCUT2D eigenvalue weighted by Crippen LogP contribution is 2.48. The van der Waals surface area contributed by atoms with Crippen LogP contribution in [0.3, 0.4) is 0 Å². The van der Waals surface area contributed by atoms with Crippen LogP contribution in [-0.4, -0.2) is 43.4 Å². The third-order valence-electron chi connectivity index (χ3n) is 5.90. The van der Waals surface area contributed by atoms with Crippen LogP contribution in [0.1, 0.15) is 35.3 Å². The summed E-state index contributed by atoms with van der Waals surface area (Å²) < 4.78 is 0. The minimum absolute atomic E-state index is 0. The van der Waals surface area contributed by atoms with E-state index in [4.69, 9.17) is 11.6 Å². The topological polar surface area (TPSA) is 56.7 Å². The van der Waals surface area contributed by atoms with Gasteiger partial charge in [0.05, 0.1) is 0 Å². The zero-order valence-corrected chi connectivity index (χ0v) is 21.0. The van der Waals surface area contributed by atoms with E-state index >= 15 is 0 Å². The lowest BCUT2D eigenvalue weighted by atomic mass is 9.96. The van der Waals surface area contributed by atoms with E-state index in [0.29, 0.717) is 13.0 Å². The highest BCUT2D eigenvalue weighted by molar-refractivity contribution is 14.0. The van der Waals surface area contributed by atoms with Crippen LogP contribution in [0.4, 0.5) is 0 Å². The van der Waals surface area contributed by atoms with E-state index in [1.54, 1.807) is 18.4 Å². The summed E-state index contributed by atoms with van der Waals surface area (Å²) in [5, 5.41) is 9.61. The van der Waals surface area contributed by atoms with Crippen LogP contribution < -0.4 is 10.6 Å². The van der Waals surface area contributed by atoms with Gasteiger partial charge in [-0.1, -0.05) is 23.7 Å². The molecule has 4 rings (SSSR count). The second-order valence-corrected chi connectivity index (χ2v) is 9.26. The summed E-state index contributed by atoms with van der Waals surface area (Å²) in [6.45, 7) is 2.96. The summed E-state index contributed by atoms with van der Waals surface area (Å²) in [5.74, 6) is 0.937. The van der Waals surface area contributed by atoms with Crippen molar-refractivity contribution in [2.75, 3.05) is 26.7 Å². The van der Waals surface area contributed by atoms with Crippen molar-refractivity contribution in [2.24, 2.45) is 4.99 Å².